The minimum absolute atomic E-state index is 0.126. The largest absolute Gasteiger partial charge is 0.345 e. The van der Waals surface area contributed by atoms with E-state index < -0.39 is 5.54 Å². The Labute approximate surface area is 127 Å². The second-order valence-corrected chi connectivity index (χ2v) is 5.72. The summed E-state index contributed by atoms with van der Waals surface area (Å²) >= 11 is 12.2. The van der Waals surface area contributed by atoms with Gasteiger partial charge in [0, 0.05) is 29.4 Å². The van der Waals surface area contributed by atoms with Crippen LogP contribution >= 0.6 is 23.2 Å². The molecular weight excluding hydrogens is 297 g/mol. The van der Waals surface area contributed by atoms with E-state index in [0.29, 0.717) is 16.6 Å². The molecule has 1 atom stereocenters. The first kappa shape index (κ1) is 14.9. The van der Waals surface area contributed by atoms with Crippen molar-refractivity contribution in [1.82, 2.24) is 14.9 Å². The number of nitrogens with one attached hydrogen (secondary N) is 1. The van der Waals surface area contributed by atoms with Crippen LogP contribution in [0.5, 0.6) is 0 Å². The molecule has 0 bridgehead atoms. The van der Waals surface area contributed by atoms with Gasteiger partial charge >= 0.3 is 0 Å². The number of imidazole rings is 1. The van der Waals surface area contributed by atoms with Crippen molar-refractivity contribution in [3.63, 3.8) is 0 Å². The van der Waals surface area contributed by atoms with Crippen LogP contribution < -0.4 is 5.32 Å². The van der Waals surface area contributed by atoms with Crippen molar-refractivity contribution in [3.05, 3.63) is 52.5 Å². The summed E-state index contributed by atoms with van der Waals surface area (Å²) in [4.78, 5) is 15.5. The van der Waals surface area contributed by atoms with E-state index in [9.17, 15) is 4.79 Å². The Morgan fingerprint density at radius 3 is 2.75 bits per heavy atom. The predicted molar refractivity (Wildman–Crippen MR) is 79.9 cm³/mol. The smallest absolute Gasteiger partial charge is 0.217 e. The van der Waals surface area contributed by atoms with E-state index in [1.807, 2.05) is 23.8 Å². The normalized spacial score (nSPS) is 13.8. The van der Waals surface area contributed by atoms with Crippen molar-refractivity contribution < 1.29 is 4.79 Å². The van der Waals surface area contributed by atoms with Gasteiger partial charge in [0.25, 0.3) is 0 Å². The van der Waals surface area contributed by atoms with Gasteiger partial charge in [0.1, 0.15) is 0 Å². The Bertz CT molecular complexity index is 613. The van der Waals surface area contributed by atoms with Crippen LogP contribution in [0.25, 0.3) is 0 Å². The quantitative estimate of drug-likeness (QED) is 0.942. The van der Waals surface area contributed by atoms with Gasteiger partial charge in [0.2, 0.25) is 5.91 Å². The Morgan fingerprint density at radius 1 is 1.45 bits per heavy atom. The average Bonchev–Trinajstić information content (AvgIpc) is 2.79. The molecule has 0 aliphatic carbocycles. The van der Waals surface area contributed by atoms with Crippen LogP contribution in [0.1, 0.15) is 19.4 Å². The van der Waals surface area contributed by atoms with E-state index in [2.05, 4.69) is 10.3 Å². The first-order valence-corrected chi connectivity index (χ1v) is 6.86. The van der Waals surface area contributed by atoms with Crippen LogP contribution in [0, 0.1) is 0 Å². The van der Waals surface area contributed by atoms with Crippen LogP contribution in [0.15, 0.2) is 36.9 Å². The SMILES string of the molecule is CC(=O)NC(C)(Cn1ccnc1)c1ccc(Cl)cc1Cl. The molecule has 1 aromatic heterocycles. The average molecular weight is 312 g/mol. The molecule has 0 spiro atoms. The van der Waals surface area contributed by atoms with Gasteiger partial charge in [0.15, 0.2) is 0 Å². The molecule has 0 radical (unpaired) electrons. The zero-order chi connectivity index (χ0) is 14.8. The van der Waals surface area contributed by atoms with E-state index in [1.54, 1.807) is 24.7 Å². The number of halogens is 2. The predicted octanol–water partition coefficient (Wildman–Crippen LogP) is 3.24. The highest BCUT2D eigenvalue weighted by Crippen LogP contribution is 2.31. The lowest BCUT2D eigenvalue weighted by Gasteiger charge is -2.32. The number of aromatic nitrogens is 2. The van der Waals surface area contributed by atoms with E-state index in [0.717, 1.165) is 5.56 Å². The number of benzene rings is 1. The monoisotopic (exact) mass is 311 g/mol. The van der Waals surface area contributed by atoms with Crippen molar-refractivity contribution in [2.45, 2.75) is 25.9 Å². The zero-order valence-electron chi connectivity index (χ0n) is 11.2. The maximum atomic E-state index is 11.5. The lowest BCUT2D eigenvalue weighted by atomic mass is 9.91. The zero-order valence-corrected chi connectivity index (χ0v) is 12.7. The van der Waals surface area contributed by atoms with Gasteiger partial charge in [-0.15, -0.1) is 0 Å². The summed E-state index contributed by atoms with van der Waals surface area (Å²) in [6.45, 7) is 3.92. The van der Waals surface area contributed by atoms with Gasteiger partial charge in [0.05, 0.1) is 18.4 Å². The summed E-state index contributed by atoms with van der Waals surface area (Å²) in [6.07, 6.45) is 5.23. The fourth-order valence-electron chi connectivity index (χ4n) is 2.26. The summed E-state index contributed by atoms with van der Waals surface area (Å²) in [5.41, 5.74) is 0.168. The van der Waals surface area contributed by atoms with Crippen molar-refractivity contribution in [2.24, 2.45) is 0 Å². The number of nitrogens with zero attached hydrogens (tertiary/aromatic N) is 2. The second-order valence-electron chi connectivity index (χ2n) is 4.87. The topological polar surface area (TPSA) is 46.9 Å². The van der Waals surface area contributed by atoms with Crippen molar-refractivity contribution >= 4 is 29.1 Å². The van der Waals surface area contributed by atoms with Crippen molar-refractivity contribution in [2.75, 3.05) is 0 Å². The molecule has 4 nitrogen and oxygen atoms in total. The van der Waals surface area contributed by atoms with Crippen LogP contribution in [0.3, 0.4) is 0 Å². The molecule has 1 N–H and O–H groups in total. The Kier molecular flexibility index (Phi) is 4.35. The third-order valence-corrected chi connectivity index (χ3v) is 3.58. The molecule has 2 aromatic rings. The van der Waals surface area contributed by atoms with Crippen LogP contribution in [0.4, 0.5) is 0 Å². The van der Waals surface area contributed by atoms with Gasteiger partial charge in [-0.2, -0.15) is 0 Å². The third-order valence-electron chi connectivity index (χ3n) is 3.04. The highest BCUT2D eigenvalue weighted by Gasteiger charge is 2.30. The summed E-state index contributed by atoms with van der Waals surface area (Å²) in [6, 6.07) is 5.26. The van der Waals surface area contributed by atoms with Gasteiger partial charge in [-0.25, -0.2) is 4.98 Å². The lowest BCUT2D eigenvalue weighted by molar-refractivity contribution is -0.121. The van der Waals surface area contributed by atoms with Crippen LogP contribution in [-0.2, 0) is 16.9 Å². The van der Waals surface area contributed by atoms with E-state index >= 15 is 0 Å². The molecular formula is C14H15Cl2N3O. The summed E-state index contributed by atoms with van der Waals surface area (Å²) in [5, 5.41) is 4.04. The van der Waals surface area contributed by atoms with E-state index in [4.69, 9.17) is 23.2 Å². The molecule has 0 aliphatic rings. The highest BCUT2D eigenvalue weighted by atomic mass is 35.5. The molecule has 106 valence electrons. The first-order valence-electron chi connectivity index (χ1n) is 6.11. The Hall–Kier alpha value is -1.52. The molecule has 1 aromatic carbocycles. The minimum Gasteiger partial charge on any atom is -0.345 e. The molecule has 6 heteroatoms. The number of hydrogen-bond donors (Lipinski definition) is 1. The standard InChI is InChI=1S/C14H15Cl2N3O/c1-10(20)18-14(2,8-19-6-5-17-9-19)12-4-3-11(15)7-13(12)16/h3-7,9H,8H2,1-2H3,(H,18,20). The molecule has 0 aliphatic heterocycles. The fraction of sp³-hybridized carbons (Fsp3) is 0.286. The summed E-state index contributed by atoms with van der Waals surface area (Å²) in [5.74, 6) is -0.126. The van der Waals surface area contributed by atoms with Crippen LogP contribution in [-0.4, -0.2) is 15.5 Å². The van der Waals surface area contributed by atoms with E-state index in [-0.39, 0.29) is 5.91 Å². The van der Waals surface area contributed by atoms with Crippen LogP contribution in [0.2, 0.25) is 10.0 Å². The summed E-state index contributed by atoms with van der Waals surface area (Å²) in [7, 11) is 0. The third kappa shape index (κ3) is 3.32. The molecule has 2 rings (SSSR count). The maximum Gasteiger partial charge on any atom is 0.217 e. The molecule has 0 saturated carbocycles. The molecule has 1 unspecified atom stereocenters. The molecule has 1 heterocycles. The van der Waals surface area contributed by atoms with Gasteiger partial charge in [-0.3, -0.25) is 4.79 Å². The lowest BCUT2D eigenvalue weighted by Crippen LogP contribution is -2.45. The fourth-order valence-corrected chi connectivity index (χ4v) is 2.88. The van der Waals surface area contributed by atoms with Crippen molar-refractivity contribution in [1.29, 1.82) is 0 Å². The highest BCUT2D eigenvalue weighted by molar-refractivity contribution is 6.35. The number of amides is 1. The van der Waals surface area contributed by atoms with Crippen molar-refractivity contribution in [3.8, 4) is 0 Å². The second kappa shape index (κ2) is 5.85. The van der Waals surface area contributed by atoms with Gasteiger partial charge in [-0.05, 0) is 24.6 Å². The summed E-state index contributed by atoms with van der Waals surface area (Å²) < 4.78 is 1.89. The van der Waals surface area contributed by atoms with Gasteiger partial charge in [-0.1, -0.05) is 29.3 Å². The number of hydrogen-bond acceptors (Lipinski definition) is 2. The molecule has 1 amide bonds. The first-order chi connectivity index (χ1) is 9.40. The van der Waals surface area contributed by atoms with E-state index in [1.165, 1.54) is 6.92 Å². The molecule has 0 fully saturated rings. The molecule has 20 heavy (non-hydrogen) atoms. The molecule has 0 saturated heterocycles. The maximum absolute atomic E-state index is 11.5. The Morgan fingerprint density at radius 2 is 2.20 bits per heavy atom. The Balaban J connectivity index is 2.42. The number of carbonyl (C=O) groups is 1. The van der Waals surface area contributed by atoms with Gasteiger partial charge < -0.3 is 9.88 Å². The minimum atomic E-state index is -0.645. The number of rotatable bonds is 4. The number of carbonyl (C=O) groups excluding carboxylic acids is 1.